The number of carbonyl (C=O) groups is 1. The lowest BCUT2D eigenvalue weighted by Crippen LogP contribution is -2.33. The molecular weight excluding hydrogens is 270 g/mol. The van der Waals surface area contributed by atoms with E-state index in [-0.39, 0.29) is 17.0 Å². The summed E-state index contributed by atoms with van der Waals surface area (Å²) in [5.41, 5.74) is 0.0877. The summed E-state index contributed by atoms with van der Waals surface area (Å²) in [7, 11) is -2.27. The van der Waals surface area contributed by atoms with Gasteiger partial charge in [-0.25, -0.2) is 13.2 Å². The van der Waals surface area contributed by atoms with Crippen molar-refractivity contribution < 1.29 is 23.1 Å². The lowest BCUT2D eigenvalue weighted by atomic mass is 10.2. The predicted molar refractivity (Wildman–Crippen MR) is 72.2 cm³/mol. The predicted octanol–water partition coefficient (Wildman–Crippen LogP) is 1.93. The van der Waals surface area contributed by atoms with E-state index in [1.165, 1.54) is 25.3 Å². The van der Waals surface area contributed by atoms with E-state index in [1.807, 2.05) is 0 Å². The lowest BCUT2D eigenvalue weighted by Gasteiger charge is -2.21. The van der Waals surface area contributed by atoms with Gasteiger partial charge in [0.2, 0.25) is 10.0 Å². The van der Waals surface area contributed by atoms with Crippen LogP contribution in [0.1, 0.15) is 31.1 Å². The van der Waals surface area contributed by atoms with Gasteiger partial charge in [0.1, 0.15) is 5.75 Å². The average Bonchev–Trinajstić information content (AvgIpc) is 2.26. The number of ether oxygens (including phenoxy) is 1. The van der Waals surface area contributed by atoms with Gasteiger partial charge in [0.05, 0.1) is 23.1 Å². The van der Waals surface area contributed by atoms with Crippen molar-refractivity contribution in [1.82, 2.24) is 0 Å². The molecule has 1 aromatic carbocycles. The highest BCUT2D eigenvalue weighted by atomic mass is 32.2. The fourth-order valence-corrected chi connectivity index (χ4v) is 1.97. The molecule has 0 saturated heterocycles. The Hall–Kier alpha value is -1.76. The lowest BCUT2D eigenvalue weighted by molar-refractivity contribution is 0.0697. The van der Waals surface area contributed by atoms with Gasteiger partial charge >= 0.3 is 5.97 Å². The third-order valence-corrected chi connectivity index (χ3v) is 4.60. The number of benzene rings is 1. The Morgan fingerprint density at radius 2 is 1.89 bits per heavy atom. The van der Waals surface area contributed by atoms with Crippen LogP contribution in [0.15, 0.2) is 18.2 Å². The summed E-state index contributed by atoms with van der Waals surface area (Å²) in [6.45, 7) is 4.63. The first-order chi connectivity index (χ1) is 8.58. The number of nitrogens with one attached hydrogen (secondary N) is 1. The van der Waals surface area contributed by atoms with Crippen LogP contribution in [0.5, 0.6) is 5.75 Å². The molecule has 2 N–H and O–H groups in total. The SMILES string of the molecule is COc1ccc(C(=O)O)cc1NS(=O)(=O)C(C)(C)C. The molecule has 1 aromatic rings. The molecule has 0 bridgehead atoms. The third-order valence-electron chi connectivity index (χ3n) is 2.50. The number of methoxy groups -OCH3 is 1. The summed E-state index contributed by atoms with van der Waals surface area (Å²) in [6.07, 6.45) is 0. The third kappa shape index (κ3) is 3.37. The molecule has 0 unspecified atom stereocenters. The summed E-state index contributed by atoms with van der Waals surface area (Å²) in [5, 5.41) is 8.91. The number of rotatable bonds is 4. The number of anilines is 1. The molecule has 0 fully saturated rings. The van der Waals surface area contributed by atoms with Gasteiger partial charge < -0.3 is 9.84 Å². The second-order valence-corrected chi connectivity index (χ2v) is 7.37. The summed E-state index contributed by atoms with van der Waals surface area (Å²) in [6, 6.07) is 3.98. The van der Waals surface area contributed by atoms with E-state index < -0.39 is 20.7 Å². The van der Waals surface area contributed by atoms with Gasteiger partial charge in [-0.1, -0.05) is 0 Å². The second kappa shape index (κ2) is 5.08. The van der Waals surface area contributed by atoms with Crippen LogP contribution < -0.4 is 9.46 Å². The van der Waals surface area contributed by atoms with Crippen LogP contribution in [0.25, 0.3) is 0 Å². The molecule has 7 heteroatoms. The normalized spacial score (nSPS) is 12.0. The van der Waals surface area contributed by atoms with Gasteiger partial charge in [-0.05, 0) is 39.0 Å². The Morgan fingerprint density at radius 1 is 1.32 bits per heavy atom. The number of hydrogen-bond donors (Lipinski definition) is 2. The molecule has 6 nitrogen and oxygen atoms in total. The van der Waals surface area contributed by atoms with Crippen LogP contribution in [0.3, 0.4) is 0 Å². The van der Waals surface area contributed by atoms with E-state index in [2.05, 4.69) is 4.72 Å². The van der Waals surface area contributed by atoms with Gasteiger partial charge in [-0.3, -0.25) is 4.72 Å². The molecule has 106 valence electrons. The van der Waals surface area contributed by atoms with E-state index in [0.29, 0.717) is 0 Å². The Balaban J connectivity index is 3.26. The maximum Gasteiger partial charge on any atom is 0.335 e. The Kier molecular flexibility index (Phi) is 4.09. The number of aromatic carboxylic acids is 1. The largest absolute Gasteiger partial charge is 0.495 e. The number of hydrogen-bond acceptors (Lipinski definition) is 4. The Morgan fingerprint density at radius 3 is 2.32 bits per heavy atom. The molecule has 0 amide bonds. The van der Waals surface area contributed by atoms with E-state index in [0.717, 1.165) is 0 Å². The molecule has 0 aliphatic heterocycles. The summed E-state index contributed by atoms with van der Waals surface area (Å²) in [4.78, 5) is 10.9. The van der Waals surface area contributed by atoms with E-state index in [1.54, 1.807) is 20.8 Å². The monoisotopic (exact) mass is 287 g/mol. The van der Waals surface area contributed by atoms with Gasteiger partial charge in [-0.15, -0.1) is 0 Å². The molecule has 1 rings (SSSR count). The van der Waals surface area contributed by atoms with Crippen molar-refractivity contribution in [3.05, 3.63) is 23.8 Å². The van der Waals surface area contributed by atoms with Crippen molar-refractivity contribution in [2.75, 3.05) is 11.8 Å². The zero-order valence-electron chi connectivity index (χ0n) is 11.2. The standard InChI is InChI=1S/C12H17NO5S/c1-12(2,3)19(16,17)13-9-7-8(11(14)15)5-6-10(9)18-4/h5-7,13H,1-4H3,(H,14,15). The molecule has 0 radical (unpaired) electrons. The molecule has 0 heterocycles. The van der Waals surface area contributed by atoms with Gasteiger partial charge in [-0.2, -0.15) is 0 Å². The van der Waals surface area contributed by atoms with Crippen LogP contribution in [0, 0.1) is 0 Å². The van der Waals surface area contributed by atoms with Crippen molar-refractivity contribution in [3.63, 3.8) is 0 Å². The number of carboxylic acids is 1. The summed E-state index contributed by atoms with van der Waals surface area (Å²) < 4.78 is 30.5. The first-order valence-corrected chi connectivity index (χ1v) is 7.00. The van der Waals surface area contributed by atoms with Crippen molar-refractivity contribution in [2.24, 2.45) is 0 Å². The zero-order valence-corrected chi connectivity index (χ0v) is 12.0. The smallest absolute Gasteiger partial charge is 0.335 e. The van der Waals surface area contributed by atoms with Crippen LogP contribution in [-0.2, 0) is 10.0 Å². The molecule has 0 aliphatic rings. The fraction of sp³-hybridized carbons (Fsp3) is 0.417. The van der Waals surface area contributed by atoms with Gasteiger partial charge in [0, 0.05) is 0 Å². The quantitative estimate of drug-likeness (QED) is 0.882. The van der Waals surface area contributed by atoms with Crippen molar-refractivity contribution >= 4 is 21.7 Å². The Labute approximate surface area is 112 Å². The number of sulfonamides is 1. The van der Waals surface area contributed by atoms with E-state index in [4.69, 9.17) is 9.84 Å². The first kappa shape index (κ1) is 15.3. The van der Waals surface area contributed by atoms with Crippen molar-refractivity contribution in [1.29, 1.82) is 0 Å². The minimum atomic E-state index is -3.65. The van der Waals surface area contributed by atoms with Crippen molar-refractivity contribution in [3.8, 4) is 5.75 Å². The molecular formula is C12H17NO5S. The minimum Gasteiger partial charge on any atom is -0.495 e. The van der Waals surface area contributed by atoms with E-state index >= 15 is 0 Å². The van der Waals surface area contributed by atoms with Gasteiger partial charge in [0.25, 0.3) is 0 Å². The molecule has 0 spiro atoms. The topological polar surface area (TPSA) is 92.7 Å². The van der Waals surface area contributed by atoms with Crippen LogP contribution in [-0.4, -0.2) is 31.4 Å². The van der Waals surface area contributed by atoms with Crippen LogP contribution >= 0.6 is 0 Å². The summed E-state index contributed by atoms with van der Waals surface area (Å²) in [5.74, 6) is -0.878. The minimum absolute atomic E-state index is 0.0209. The molecule has 0 aromatic heterocycles. The fourth-order valence-electron chi connectivity index (χ4n) is 1.22. The number of carboxylic acid groups (broad SMARTS) is 1. The highest BCUT2D eigenvalue weighted by Gasteiger charge is 2.30. The maximum absolute atomic E-state index is 12.1. The highest BCUT2D eigenvalue weighted by Crippen LogP contribution is 2.29. The second-order valence-electron chi connectivity index (χ2n) is 4.94. The molecule has 0 atom stereocenters. The van der Waals surface area contributed by atoms with Crippen LogP contribution in [0.4, 0.5) is 5.69 Å². The molecule has 0 saturated carbocycles. The highest BCUT2D eigenvalue weighted by molar-refractivity contribution is 7.94. The summed E-state index contributed by atoms with van der Waals surface area (Å²) >= 11 is 0. The maximum atomic E-state index is 12.1. The van der Waals surface area contributed by atoms with Crippen LogP contribution in [0.2, 0.25) is 0 Å². The average molecular weight is 287 g/mol. The molecule has 0 aliphatic carbocycles. The van der Waals surface area contributed by atoms with Gasteiger partial charge in [0.15, 0.2) is 0 Å². The molecule has 19 heavy (non-hydrogen) atoms. The first-order valence-electron chi connectivity index (χ1n) is 5.52. The zero-order chi connectivity index (χ0) is 14.8. The van der Waals surface area contributed by atoms with E-state index in [9.17, 15) is 13.2 Å². The van der Waals surface area contributed by atoms with Crippen molar-refractivity contribution in [2.45, 2.75) is 25.5 Å². The Bertz CT molecular complexity index is 587.